The van der Waals surface area contributed by atoms with Crippen molar-refractivity contribution in [3.8, 4) is 0 Å². The van der Waals surface area contributed by atoms with E-state index in [0.717, 1.165) is 19.5 Å². The van der Waals surface area contributed by atoms with Crippen LogP contribution in [0, 0.1) is 11.8 Å². The number of halogens is 1. The van der Waals surface area contributed by atoms with Gasteiger partial charge in [0.05, 0.1) is 11.5 Å². The van der Waals surface area contributed by atoms with E-state index in [1.807, 2.05) is 11.8 Å². The van der Waals surface area contributed by atoms with Crippen LogP contribution in [-0.4, -0.2) is 56.4 Å². The number of hydrogen-bond donors (Lipinski definition) is 1. The van der Waals surface area contributed by atoms with E-state index in [1.54, 1.807) is 0 Å². The van der Waals surface area contributed by atoms with Crippen LogP contribution in [0.4, 0.5) is 0 Å². The van der Waals surface area contributed by atoms with E-state index >= 15 is 0 Å². The van der Waals surface area contributed by atoms with Crippen molar-refractivity contribution in [3.63, 3.8) is 0 Å². The zero-order valence-corrected chi connectivity index (χ0v) is 15.9. The number of carbonyl (C=O) groups excluding carboxylic acids is 1. The first-order chi connectivity index (χ1) is 10.4. The van der Waals surface area contributed by atoms with Gasteiger partial charge in [-0.3, -0.25) is 4.79 Å². The number of piperidine rings is 1. The van der Waals surface area contributed by atoms with Crippen molar-refractivity contribution in [2.75, 3.05) is 31.1 Å². The monoisotopic (exact) mass is 366 g/mol. The van der Waals surface area contributed by atoms with Gasteiger partial charge in [0.25, 0.3) is 0 Å². The molecule has 7 heteroatoms. The molecule has 2 aliphatic rings. The predicted octanol–water partition coefficient (Wildman–Crippen LogP) is 1.86. The van der Waals surface area contributed by atoms with E-state index in [9.17, 15) is 13.2 Å². The molecule has 3 atom stereocenters. The van der Waals surface area contributed by atoms with Gasteiger partial charge >= 0.3 is 0 Å². The molecule has 5 nitrogen and oxygen atoms in total. The standard InChI is InChI=1S/C16H30N2O3S.ClH/c1-3-8-18(15-6-9-22(20,21)12-15)16(19)10-13(2)14-5-4-7-17-11-14;/h13-15,17H,3-12H2,1-2H3;1H. The molecule has 136 valence electrons. The summed E-state index contributed by atoms with van der Waals surface area (Å²) in [5.74, 6) is 1.44. The highest BCUT2D eigenvalue weighted by molar-refractivity contribution is 7.91. The van der Waals surface area contributed by atoms with Crippen molar-refractivity contribution in [1.29, 1.82) is 0 Å². The topological polar surface area (TPSA) is 66.5 Å². The van der Waals surface area contributed by atoms with E-state index in [0.29, 0.717) is 31.2 Å². The molecule has 0 aliphatic carbocycles. The Labute approximate surface area is 146 Å². The second kappa shape index (κ2) is 9.23. The summed E-state index contributed by atoms with van der Waals surface area (Å²) in [6, 6.07) is -0.103. The molecule has 0 aromatic carbocycles. The van der Waals surface area contributed by atoms with E-state index in [2.05, 4.69) is 12.2 Å². The molecule has 2 aliphatic heterocycles. The lowest BCUT2D eigenvalue weighted by Gasteiger charge is -2.32. The molecular formula is C16H31ClN2O3S. The average molecular weight is 367 g/mol. The van der Waals surface area contributed by atoms with Crippen LogP contribution >= 0.6 is 12.4 Å². The van der Waals surface area contributed by atoms with Gasteiger partial charge in [0.2, 0.25) is 5.91 Å². The van der Waals surface area contributed by atoms with Gasteiger partial charge in [-0.1, -0.05) is 13.8 Å². The van der Waals surface area contributed by atoms with Crippen LogP contribution in [0.15, 0.2) is 0 Å². The number of carbonyl (C=O) groups is 1. The predicted molar refractivity (Wildman–Crippen MR) is 95.7 cm³/mol. The summed E-state index contributed by atoms with van der Waals surface area (Å²) >= 11 is 0. The van der Waals surface area contributed by atoms with Gasteiger partial charge in [-0.05, 0) is 50.6 Å². The van der Waals surface area contributed by atoms with E-state index in [-0.39, 0.29) is 35.9 Å². The van der Waals surface area contributed by atoms with Crippen molar-refractivity contribution in [2.45, 2.75) is 52.0 Å². The number of sulfone groups is 1. The van der Waals surface area contributed by atoms with Gasteiger partial charge in [0, 0.05) is 19.0 Å². The largest absolute Gasteiger partial charge is 0.339 e. The first kappa shape index (κ1) is 20.7. The Morgan fingerprint density at radius 3 is 2.61 bits per heavy atom. The van der Waals surface area contributed by atoms with Crippen LogP contribution in [0.1, 0.15) is 46.0 Å². The van der Waals surface area contributed by atoms with Crippen molar-refractivity contribution in [3.05, 3.63) is 0 Å². The Bertz CT molecular complexity index is 478. The van der Waals surface area contributed by atoms with Crippen LogP contribution in [0.25, 0.3) is 0 Å². The maximum atomic E-state index is 12.7. The fourth-order valence-electron chi connectivity index (χ4n) is 3.70. The highest BCUT2D eigenvalue weighted by Gasteiger charge is 2.35. The van der Waals surface area contributed by atoms with Crippen molar-refractivity contribution >= 4 is 28.2 Å². The summed E-state index contributed by atoms with van der Waals surface area (Å²) in [4.78, 5) is 14.5. The minimum absolute atomic E-state index is 0. The Morgan fingerprint density at radius 1 is 1.35 bits per heavy atom. The molecule has 1 N–H and O–H groups in total. The molecule has 1 amide bonds. The molecule has 23 heavy (non-hydrogen) atoms. The van der Waals surface area contributed by atoms with Gasteiger partial charge in [-0.2, -0.15) is 0 Å². The van der Waals surface area contributed by atoms with Gasteiger partial charge in [-0.25, -0.2) is 8.42 Å². The van der Waals surface area contributed by atoms with Gasteiger partial charge in [0.1, 0.15) is 0 Å². The molecule has 2 fully saturated rings. The Kier molecular flexibility index (Phi) is 8.31. The lowest BCUT2D eigenvalue weighted by atomic mass is 9.85. The Hall–Kier alpha value is -0.330. The molecule has 2 heterocycles. The number of hydrogen-bond acceptors (Lipinski definition) is 4. The third-order valence-corrected chi connectivity index (χ3v) is 6.82. The van der Waals surface area contributed by atoms with E-state index in [4.69, 9.17) is 0 Å². The SMILES string of the molecule is CCCN(C(=O)CC(C)C1CCCNC1)C1CCS(=O)(=O)C1.Cl. The highest BCUT2D eigenvalue weighted by atomic mass is 35.5. The molecule has 0 saturated carbocycles. The Balaban J connectivity index is 0.00000264. The lowest BCUT2D eigenvalue weighted by Crippen LogP contribution is -2.43. The van der Waals surface area contributed by atoms with E-state index < -0.39 is 9.84 Å². The summed E-state index contributed by atoms with van der Waals surface area (Å²) in [7, 11) is -2.95. The molecule has 0 aromatic heterocycles. The van der Waals surface area contributed by atoms with Crippen LogP contribution in [0.2, 0.25) is 0 Å². The third-order valence-electron chi connectivity index (χ3n) is 5.07. The van der Waals surface area contributed by atoms with E-state index in [1.165, 1.54) is 12.8 Å². The minimum atomic E-state index is -2.95. The number of amides is 1. The fourth-order valence-corrected chi connectivity index (χ4v) is 5.43. The molecule has 0 spiro atoms. The van der Waals surface area contributed by atoms with Gasteiger partial charge in [0.15, 0.2) is 9.84 Å². The number of rotatable bonds is 6. The number of nitrogens with one attached hydrogen (secondary N) is 1. The molecule has 2 rings (SSSR count). The average Bonchev–Trinajstić information content (AvgIpc) is 2.85. The normalized spacial score (nSPS) is 27.9. The summed E-state index contributed by atoms with van der Waals surface area (Å²) in [6.45, 7) is 6.96. The van der Waals surface area contributed by atoms with Crippen LogP contribution in [0.3, 0.4) is 0 Å². The molecule has 0 bridgehead atoms. The zero-order valence-electron chi connectivity index (χ0n) is 14.3. The Morgan fingerprint density at radius 2 is 2.09 bits per heavy atom. The second-order valence-electron chi connectivity index (χ2n) is 6.93. The smallest absolute Gasteiger partial charge is 0.223 e. The summed E-state index contributed by atoms with van der Waals surface area (Å²) in [5.41, 5.74) is 0. The number of nitrogens with zero attached hydrogens (tertiary/aromatic N) is 1. The quantitative estimate of drug-likeness (QED) is 0.779. The highest BCUT2D eigenvalue weighted by Crippen LogP contribution is 2.25. The second-order valence-corrected chi connectivity index (χ2v) is 9.16. The van der Waals surface area contributed by atoms with Crippen molar-refractivity contribution in [1.82, 2.24) is 10.2 Å². The lowest BCUT2D eigenvalue weighted by molar-refractivity contribution is -0.134. The van der Waals surface area contributed by atoms with Crippen LogP contribution in [-0.2, 0) is 14.6 Å². The first-order valence-corrected chi connectivity index (χ1v) is 10.5. The first-order valence-electron chi connectivity index (χ1n) is 8.63. The molecule has 3 unspecified atom stereocenters. The molecular weight excluding hydrogens is 336 g/mol. The summed E-state index contributed by atoms with van der Waals surface area (Å²) in [5, 5.41) is 3.41. The maximum Gasteiger partial charge on any atom is 0.223 e. The van der Waals surface area contributed by atoms with Crippen molar-refractivity contribution in [2.24, 2.45) is 11.8 Å². The van der Waals surface area contributed by atoms with Crippen molar-refractivity contribution < 1.29 is 13.2 Å². The maximum absolute atomic E-state index is 12.7. The van der Waals surface area contributed by atoms with Crippen LogP contribution < -0.4 is 5.32 Å². The summed E-state index contributed by atoms with van der Waals surface area (Å²) < 4.78 is 23.4. The van der Waals surface area contributed by atoms with Crippen LogP contribution in [0.5, 0.6) is 0 Å². The third kappa shape index (κ3) is 5.91. The molecule has 0 aromatic rings. The fraction of sp³-hybridized carbons (Fsp3) is 0.938. The van der Waals surface area contributed by atoms with Gasteiger partial charge in [-0.15, -0.1) is 12.4 Å². The minimum Gasteiger partial charge on any atom is -0.339 e. The summed E-state index contributed by atoms with van der Waals surface area (Å²) in [6.07, 6.45) is 4.40. The van der Waals surface area contributed by atoms with Gasteiger partial charge < -0.3 is 10.2 Å². The molecule has 0 radical (unpaired) electrons. The molecule has 2 saturated heterocycles. The zero-order chi connectivity index (χ0) is 16.2.